The third kappa shape index (κ3) is 4.01. The molecule has 128 valence electrons. The fourth-order valence-corrected chi connectivity index (χ4v) is 3.69. The van der Waals surface area contributed by atoms with Crippen molar-refractivity contribution >= 4 is 10.0 Å². The Morgan fingerprint density at radius 2 is 1.83 bits per heavy atom. The molecule has 0 saturated heterocycles. The zero-order chi connectivity index (χ0) is 17.8. The standard InChI is InChI=1S/C16H15F3N2O2S/c1-2-10-21(12-13-6-4-3-5-7-13)24(22,23)15-11-20-9-8-14(15)16(17,18)19/h2-9,11H,1,10,12H2. The molecular weight excluding hydrogens is 341 g/mol. The molecule has 1 aromatic carbocycles. The predicted octanol–water partition coefficient (Wildman–Crippen LogP) is 3.48. The van der Waals surface area contributed by atoms with E-state index in [-0.39, 0.29) is 13.1 Å². The molecule has 0 unspecified atom stereocenters. The van der Waals surface area contributed by atoms with Crippen molar-refractivity contribution in [2.45, 2.75) is 17.6 Å². The van der Waals surface area contributed by atoms with Crippen LogP contribution < -0.4 is 0 Å². The maximum atomic E-state index is 13.1. The number of aromatic nitrogens is 1. The van der Waals surface area contributed by atoms with Crippen LogP contribution >= 0.6 is 0 Å². The molecular formula is C16H15F3N2O2S. The van der Waals surface area contributed by atoms with E-state index in [1.165, 1.54) is 6.08 Å². The van der Waals surface area contributed by atoms with Crippen LogP contribution in [-0.4, -0.2) is 24.3 Å². The molecule has 8 heteroatoms. The maximum absolute atomic E-state index is 13.1. The van der Waals surface area contributed by atoms with Crippen LogP contribution in [0.4, 0.5) is 13.2 Å². The lowest BCUT2D eigenvalue weighted by molar-refractivity contribution is -0.140. The van der Waals surface area contributed by atoms with Crippen molar-refractivity contribution in [2.75, 3.05) is 6.54 Å². The Hall–Kier alpha value is -2.19. The van der Waals surface area contributed by atoms with Gasteiger partial charge in [0.2, 0.25) is 10.0 Å². The molecule has 2 rings (SSSR count). The number of benzene rings is 1. The van der Waals surface area contributed by atoms with E-state index in [9.17, 15) is 21.6 Å². The predicted molar refractivity (Wildman–Crippen MR) is 83.5 cm³/mol. The summed E-state index contributed by atoms with van der Waals surface area (Å²) in [6.45, 7) is 3.29. The Morgan fingerprint density at radius 1 is 1.17 bits per heavy atom. The first-order valence-corrected chi connectivity index (χ1v) is 8.37. The largest absolute Gasteiger partial charge is 0.417 e. The summed E-state index contributed by atoms with van der Waals surface area (Å²) in [4.78, 5) is 2.68. The highest BCUT2D eigenvalue weighted by atomic mass is 32.2. The van der Waals surface area contributed by atoms with Crippen molar-refractivity contribution < 1.29 is 21.6 Å². The van der Waals surface area contributed by atoms with Crippen LogP contribution in [0.3, 0.4) is 0 Å². The van der Waals surface area contributed by atoms with Gasteiger partial charge in [-0.2, -0.15) is 17.5 Å². The van der Waals surface area contributed by atoms with Crippen LogP contribution in [-0.2, 0) is 22.7 Å². The molecule has 0 aliphatic heterocycles. The van der Waals surface area contributed by atoms with Gasteiger partial charge >= 0.3 is 6.18 Å². The number of hydrogen-bond acceptors (Lipinski definition) is 3. The Balaban J connectivity index is 2.48. The quantitative estimate of drug-likeness (QED) is 0.745. The van der Waals surface area contributed by atoms with Gasteiger partial charge in [0, 0.05) is 25.5 Å². The second kappa shape index (κ2) is 7.14. The van der Waals surface area contributed by atoms with Crippen molar-refractivity contribution in [1.29, 1.82) is 0 Å². The number of pyridine rings is 1. The molecule has 0 fully saturated rings. The number of sulfonamides is 1. The first-order chi connectivity index (χ1) is 11.3. The van der Waals surface area contributed by atoms with E-state index in [2.05, 4.69) is 11.6 Å². The smallest absolute Gasteiger partial charge is 0.263 e. The highest BCUT2D eigenvalue weighted by molar-refractivity contribution is 7.89. The first-order valence-electron chi connectivity index (χ1n) is 6.93. The van der Waals surface area contributed by atoms with Gasteiger partial charge < -0.3 is 0 Å². The van der Waals surface area contributed by atoms with Gasteiger partial charge in [0.25, 0.3) is 0 Å². The third-order valence-electron chi connectivity index (χ3n) is 3.24. The lowest BCUT2D eigenvalue weighted by atomic mass is 10.2. The molecule has 0 spiro atoms. The molecule has 24 heavy (non-hydrogen) atoms. The summed E-state index contributed by atoms with van der Waals surface area (Å²) < 4.78 is 65.8. The van der Waals surface area contributed by atoms with E-state index >= 15 is 0 Å². The van der Waals surface area contributed by atoms with Crippen molar-refractivity contribution in [3.8, 4) is 0 Å². The molecule has 0 amide bonds. The van der Waals surface area contributed by atoms with Crippen molar-refractivity contribution in [3.05, 3.63) is 72.6 Å². The Morgan fingerprint density at radius 3 is 2.42 bits per heavy atom. The van der Waals surface area contributed by atoms with Gasteiger partial charge in [-0.25, -0.2) is 8.42 Å². The first kappa shape index (κ1) is 18.2. The van der Waals surface area contributed by atoms with E-state index in [0.717, 1.165) is 16.7 Å². The van der Waals surface area contributed by atoms with Crippen molar-refractivity contribution in [2.24, 2.45) is 0 Å². The number of halogens is 3. The van der Waals surface area contributed by atoms with Crippen LogP contribution in [0.2, 0.25) is 0 Å². The van der Waals surface area contributed by atoms with Gasteiger partial charge in [0.1, 0.15) is 4.90 Å². The van der Waals surface area contributed by atoms with Crippen LogP contribution in [0.5, 0.6) is 0 Å². The highest BCUT2D eigenvalue weighted by Crippen LogP contribution is 2.34. The van der Waals surface area contributed by atoms with E-state index in [0.29, 0.717) is 11.6 Å². The van der Waals surface area contributed by atoms with Crippen LogP contribution in [0, 0.1) is 0 Å². The number of hydrogen-bond donors (Lipinski definition) is 0. The summed E-state index contributed by atoms with van der Waals surface area (Å²) in [6.07, 6.45) is -1.84. The average Bonchev–Trinajstić information content (AvgIpc) is 2.54. The minimum Gasteiger partial charge on any atom is -0.263 e. The number of alkyl halides is 3. The summed E-state index contributed by atoms with van der Waals surface area (Å²) in [5, 5.41) is 0. The zero-order valence-corrected chi connectivity index (χ0v) is 13.4. The number of nitrogens with zero attached hydrogens (tertiary/aromatic N) is 2. The molecule has 1 aromatic heterocycles. The van der Waals surface area contributed by atoms with Crippen LogP contribution in [0.15, 0.2) is 66.3 Å². The summed E-state index contributed by atoms with van der Waals surface area (Å²) >= 11 is 0. The third-order valence-corrected chi connectivity index (χ3v) is 5.08. The van der Waals surface area contributed by atoms with Gasteiger partial charge in [-0.05, 0) is 11.6 Å². The summed E-state index contributed by atoms with van der Waals surface area (Å²) in [7, 11) is -4.40. The van der Waals surface area contributed by atoms with Gasteiger partial charge in [-0.3, -0.25) is 4.98 Å². The van der Waals surface area contributed by atoms with Crippen molar-refractivity contribution in [1.82, 2.24) is 9.29 Å². The highest BCUT2D eigenvalue weighted by Gasteiger charge is 2.39. The molecule has 0 bridgehead atoms. The Kier molecular flexibility index (Phi) is 5.40. The molecule has 4 nitrogen and oxygen atoms in total. The molecule has 2 aromatic rings. The van der Waals surface area contributed by atoms with Gasteiger partial charge in [-0.1, -0.05) is 36.4 Å². The van der Waals surface area contributed by atoms with Gasteiger partial charge in [0.05, 0.1) is 5.56 Å². The van der Waals surface area contributed by atoms with E-state index in [1.807, 2.05) is 0 Å². The van der Waals surface area contributed by atoms with E-state index in [1.54, 1.807) is 30.3 Å². The number of rotatable bonds is 6. The van der Waals surface area contributed by atoms with Gasteiger partial charge in [-0.15, -0.1) is 6.58 Å². The molecule has 0 aliphatic carbocycles. The topological polar surface area (TPSA) is 50.3 Å². The zero-order valence-electron chi connectivity index (χ0n) is 12.6. The minimum absolute atomic E-state index is 0.0681. The van der Waals surface area contributed by atoms with E-state index < -0.39 is 26.7 Å². The van der Waals surface area contributed by atoms with E-state index in [4.69, 9.17) is 0 Å². The molecule has 0 N–H and O–H groups in total. The SMILES string of the molecule is C=CCN(Cc1ccccc1)S(=O)(=O)c1cnccc1C(F)(F)F. The van der Waals surface area contributed by atoms with Crippen LogP contribution in [0.25, 0.3) is 0 Å². The lowest BCUT2D eigenvalue weighted by Gasteiger charge is -2.22. The van der Waals surface area contributed by atoms with Crippen LogP contribution in [0.1, 0.15) is 11.1 Å². The Bertz CT molecular complexity index is 806. The monoisotopic (exact) mass is 356 g/mol. The molecule has 0 radical (unpaired) electrons. The average molecular weight is 356 g/mol. The summed E-state index contributed by atoms with van der Waals surface area (Å²) in [6, 6.07) is 9.25. The maximum Gasteiger partial charge on any atom is 0.417 e. The second-order valence-corrected chi connectivity index (χ2v) is 6.85. The fourth-order valence-electron chi connectivity index (χ4n) is 2.14. The van der Waals surface area contributed by atoms with Gasteiger partial charge in [0.15, 0.2) is 0 Å². The fraction of sp³-hybridized carbons (Fsp3) is 0.188. The minimum atomic E-state index is -4.79. The molecule has 0 saturated carbocycles. The summed E-state index contributed by atoms with van der Waals surface area (Å²) in [5.74, 6) is 0. The normalized spacial score (nSPS) is 12.3. The molecule has 0 atom stereocenters. The molecule has 0 aliphatic rings. The lowest BCUT2D eigenvalue weighted by Crippen LogP contribution is -2.32. The van der Waals surface area contributed by atoms with Crippen molar-refractivity contribution in [3.63, 3.8) is 0 Å². The second-order valence-electron chi connectivity index (χ2n) is 4.94. The Labute approximate surface area is 138 Å². The molecule has 1 heterocycles. The summed E-state index contributed by atoms with van der Waals surface area (Å²) in [5.41, 5.74) is -0.583.